The highest BCUT2D eigenvalue weighted by molar-refractivity contribution is 7.46. The lowest BCUT2D eigenvalue weighted by Crippen LogP contribution is -2.50. The van der Waals surface area contributed by atoms with E-state index in [1.807, 2.05) is 0 Å². The van der Waals surface area contributed by atoms with Gasteiger partial charge in [0.25, 0.3) is 0 Å². The molecule has 0 atom stereocenters. The third kappa shape index (κ3) is 3.18. The Morgan fingerprint density at radius 1 is 1.42 bits per heavy atom. The van der Waals surface area contributed by atoms with Gasteiger partial charge in [-0.3, -0.25) is 9.79 Å². The molecule has 0 aromatic heterocycles. The van der Waals surface area contributed by atoms with Crippen LogP contribution in [0.1, 0.15) is 0 Å². The van der Waals surface area contributed by atoms with Gasteiger partial charge in [0.2, 0.25) is 0 Å². The van der Waals surface area contributed by atoms with Gasteiger partial charge in [-0.25, -0.2) is 4.57 Å². The maximum atomic E-state index is 10.5. The Bertz CT molecular complexity index is 196. The van der Waals surface area contributed by atoms with E-state index in [4.69, 9.17) is 14.5 Å². The Morgan fingerprint density at radius 3 is 2.33 bits per heavy atom. The number of rotatable bonds is 2. The summed E-state index contributed by atoms with van der Waals surface area (Å²) in [5, 5.41) is 0. The molecule has 1 heterocycles. The van der Waals surface area contributed by atoms with Gasteiger partial charge in [-0.1, -0.05) is 4.62 Å². The minimum absolute atomic E-state index is 0.0791. The SMILES string of the molecule is C[N+]1(OP(=O)(O)O)CCOCC1. The molecule has 6 nitrogen and oxygen atoms in total. The van der Waals surface area contributed by atoms with Crippen molar-refractivity contribution in [3.8, 4) is 0 Å². The van der Waals surface area contributed by atoms with E-state index in [0.717, 1.165) is 0 Å². The molecule has 12 heavy (non-hydrogen) atoms. The summed E-state index contributed by atoms with van der Waals surface area (Å²) in [4.78, 5) is 17.1. The molecular formula is C5H13NO5P+. The molecule has 1 rings (SSSR count). The maximum absolute atomic E-state index is 10.5. The molecule has 0 amide bonds. The van der Waals surface area contributed by atoms with Gasteiger partial charge in [-0.05, 0) is 0 Å². The molecule has 0 aliphatic carbocycles. The quantitative estimate of drug-likeness (QED) is 0.461. The zero-order valence-corrected chi connectivity index (χ0v) is 7.74. The third-order valence-electron chi connectivity index (χ3n) is 1.72. The smallest absolute Gasteiger partial charge is 0.370 e. The predicted molar refractivity (Wildman–Crippen MR) is 39.9 cm³/mol. The summed E-state index contributed by atoms with van der Waals surface area (Å²) in [6.07, 6.45) is 0. The summed E-state index contributed by atoms with van der Waals surface area (Å²) >= 11 is 0. The van der Waals surface area contributed by atoms with Crippen LogP contribution in [0.3, 0.4) is 0 Å². The van der Waals surface area contributed by atoms with Gasteiger partial charge >= 0.3 is 7.82 Å². The molecule has 0 spiro atoms. The molecule has 0 aromatic carbocycles. The van der Waals surface area contributed by atoms with Crippen LogP contribution in [0.25, 0.3) is 0 Å². The number of quaternary nitrogens is 1. The van der Waals surface area contributed by atoms with Gasteiger partial charge in [0.15, 0.2) is 0 Å². The number of ether oxygens (including phenoxy) is 1. The first-order valence-electron chi connectivity index (χ1n) is 3.60. The van der Waals surface area contributed by atoms with Crippen LogP contribution >= 0.6 is 7.82 Å². The van der Waals surface area contributed by atoms with Crippen molar-refractivity contribution < 1.29 is 28.4 Å². The van der Waals surface area contributed by atoms with Gasteiger partial charge in [0.1, 0.15) is 13.1 Å². The van der Waals surface area contributed by atoms with E-state index in [1.165, 1.54) is 0 Å². The average molecular weight is 198 g/mol. The summed E-state index contributed by atoms with van der Waals surface area (Å²) < 4.78 is 20.1. The number of phosphoric acid groups is 1. The highest BCUT2D eigenvalue weighted by Gasteiger charge is 2.35. The Morgan fingerprint density at radius 2 is 1.92 bits per heavy atom. The molecule has 0 saturated carbocycles. The lowest BCUT2D eigenvalue weighted by atomic mass is 10.4. The van der Waals surface area contributed by atoms with Crippen LogP contribution in [-0.4, -0.2) is 47.8 Å². The van der Waals surface area contributed by atoms with Crippen molar-refractivity contribution in [1.29, 1.82) is 0 Å². The van der Waals surface area contributed by atoms with Crippen molar-refractivity contribution in [2.75, 3.05) is 33.4 Å². The maximum Gasteiger partial charge on any atom is 0.515 e. The van der Waals surface area contributed by atoms with Gasteiger partial charge in [-0.2, -0.15) is 4.65 Å². The molecule has 2 N–H and O–H groups in total. The summed E-state index contributed by atoms with van der Waals surface area (Å²) in [6, 6.07) is 0. The molecule has 72 valence electrons. The fourth-order valence-corrected chi connectivity index (χ4v) is 1.74. The first-order valence-corrected chi connectivity index (χ1v) is 5.14. The number of hydroxylamine groups is 3. The van der Waals surface area contributed by atoms with Crippen LogP contribution in [0.15, 0.2) is 0 Å². The first kappa shape index (κ1) is 10.1. The number of nitrogens with zero attached hydrogens (tertiary/aromatic N) is 1. The molecule has 1 fully saturated rings. The fraction of sp³-hybridized carbons (Fsp3) is 1.00. The number of hydrogen-bond acceptors (Lipinski definition) is 3. The zero-order valence-electron chi connectivity index (χ0n) is 6.84. The lowest BCUT2D eigenvalue weighted by Gasteiger charge is -2.33. The highest BCUT2D eigenvalue weighted by Crippen LogP contribution is 2.39. The molecule has 7 heteroatoms. The lowest BCUT2D eigenvalue weighted by molar-refractivity contribution is -1.07. The molecule has 0 unspecified atom stereocenters. The number of hydrogen-bond donors (Lipinski definition) is 2. The minimum Gasteiger partial charge on any atom is -0.370 e. The van der Waals surface area contributed by atoms with Crippen molar-refractivity contribution in [2.45, 2.75) is 0 Å². The van der Waals surface area contributed by atoms with Gasteiger partial charge < -0.3 is 4.74 Å². The molecule has 1 saturated heterocycles. The first-order chi connectivity index (χ1) is 5.41. The average Bonchev–Trinajstić information content (AvgIpc) is 1.83. The summed E-state index contributed by atoms with van der Waals surface area (Å²) in [5.74, 6) is 0. The minimum atomic E-state index is -4.38. The molecule has 0 bridgehead atoms. The van der Waals surface area contributed by atoms with Crippen molar-refractivity contribution in [3.63, 3.8) is 0 Å². The second kappa shape index (κ2) is 3.41. The van der Waals surface area contributed by atoms with Crippen LogP contribution in [-0.2, 0) is 13.9 Å². The summed E-state index contributed by atoms with van der Waals surface area (Å²) in [5.41, 5.74) is 0. The normalized spacial score (nSPS) is 23.9. The monoisotopic (exact) mass is 198 g/mol. The van der Waals surface area contributed by atoms with Crippen LogP contribution < -0.4 is 0 Å². The standard InChI is InChI=1S/C5H12NO5P/c1-6(11-12(7,8)9)2-4-10-5-3-6/h2-5H2,1H3,(H-,7,8,9)/p+1. The van der Waals surface area contributed by atoms with E-state index >= 15 is 0 Å². The van der Waals surface area contributed by atoms with Gasteiger partial charge in [0.05, 0.1) is 20.3 Å². The van der Waals surface area contributed by atoms with Crippen LogP contribution in [0.2, 0.25) is 0 Å². The van der Waals surface area contributed by atoms with Crippen molar-refractivity contribution in [1.82, 2.24) is 0 Å². The van der Waals surface area contributed by atoms with Crippen LogP contribution in [0.5, 0.6) is 0 Å². The van der Waals surface area contributed by atoms with Crippen LogP contribution in [0.4, 0.5) is 0 Å². The Labute approximate surface area is 70.5 Å². The van der Waals surface area contributed by atoms with Crippen molar-refractivity contribution in [3.05, 3.63) is 0 Å². The second-order valence-electron chi connectivity index (χ2n) is 2.93. The topological polar surface area (TPSA) is 76.0 Å². The molecule has 1 aliphatic heterocycles. The zero-order chi connectivity index (χ0) is 9.24. The third-order valence-corrected chi connectivity index (χ3v) is 2.33. The fourth-order valence-electron chi connectivity index (χ4n) is 1.07. The van der Waals surface area contributed by atoms with E-state index in [2.05, 4.69) is 4.62 Å². The Balaban J connectivity index is 2.53. The van der Waals surface area contributed by atoms with Crippen LogP contribution in [0, 0.1) is 0 Å². The van der Waals surface area contributed by atoms with E-state index in [0.29, 0.717) is 26.3 Å². The predicted octanol–water partition coefficient (Wildman–Crippen LogP) is -0.513. The largest absolute Gasteiger partial charge is 0.515 e. The Hall–Kier alpha value is 0.0300. The highest BCUT2D eigenvalue weighted by atomic mass is 31.2. The van der Waals surface area contributed by atoms with E-state index in [-0.39, 0.29) is 4.65 Å². The van der Waals surface area contributed by atoms with E-state index in [9.17, 15) is 4.57 Å². The number of morpholine rings is 1. The Kier molecular flexibility index (Phi) is 2.88. The van der Waals surface area contributed by atoms with E-state index in [1.54, 1.807) is 7.05 Å². The van der Waals surface area contributed by atoms with Gasteiger partial charge in [0, 0.05) is 0 Å². The molecule has 0 radical (unpaired) electrons. The number of likely N-dealkylation sites (N-methyl/N-ethyl adjacent to an activating group) is 1. The molecule has 0 aromatic rings. The molecule has 1 aliphatic rings. The van der Waals surface area contributed by atoms with Crippen molar-refractivity contribution in [2.24, 2.45) is 0 Å². The van der Waals surface area contributed by atoms with E-state index < -0.39 is 7.82 Å². The van der Waals surface area contributed by atoms with Crippen molar-refractivity contribution >= 4 is 7.82 Å². The molecular weight excluding hydrogens is 185 g/mol. The van der Waals surface area contributed by atoms with Gasteiger partial charge in [-0.15, -0.1) is 0 Å². The summed E-state index contributed by atoms with van der Waals surface area (Å²) in [7, 11) is -2.76. The summed E-state index contributed by atoms with van der Waals surface area (Å²) in [6.45, 7) is 1.86. The second-order valence-corrected chi connectivity index (χ2v) is 4.07.